The standard InChI is InChI=1S/C20H25ClN4O2/c1-20(2,15-5-4-6-16(21)13-15)24-18(26)14-8-11-25(12-9-14)19-22-10-7-17(23-19)27-3/h4-7,10,13-14H,8-9,11-12H2,1-3H3,(H,24,26). The zero-order valence-corrected chi connectivity index (χ0v) is 16.7. The predicted molar refractivity (Wildman–Crippen MR) is 106 cm³/mol. The summed E-state index contributed by atoms with van der Waals surface area (Å²) in [6.07, 6.45) is 3.21. The summed E-state index contributed by atoms with van der Waals surface area (Å²) in [4.78, 5) is 23.6. The van der Waals surface area contributed by atoms with Crippen LogP contribution < -0.4 is 15.0 Å². The minimum absolute atomic E-state index is 0.0229. The Morgan fingerprint density at radius 2 is 2.04 bits per heavy atom. The Kier molecular flexibility index (Phi) is 5.85. The van der Waals surface area contributed by atoms with Gasteiger partial charge in [-0.1, -0.05) is 23.7 Å². The number of methoxy groups -OCH3 is 1. The van der Waals surface area contributed by atoms with E-state index in [4.69, 9.17) is 16.3 Å². The number of hydrogen-bond donors (Lipinski definition) is 1. The third-order valence-corrected chi connectivity index (χ3v) is 5.19. The van der Waals surface area contributed by atoms with Gasteiger partial charge in [-0.25, -0.2) is 4.98 Å². The summed E-state index contributed by atoms with van der Waals surface area (Å²) < 4.78 is 5.16. The lowest BCUT2D eigenvalue weighted by atomic mass is 9.91. The Morgan fingerprint density at radius 3 is 2.70 bits per heavy atom. The van der Waals surface area contributed by atoms with E-state index in [2.05, 4.69) is 20.2 Å². The molecule has 0 bridgehead atoms. The second-order valence-electron chi connectivity index (χ2n) is 7.28. The van der Waals surface area contributed by atoms with Crippen LogP contribution in [0.5, 0.6) is 5.88 Å². The van der Waals surface area contributed by atoms with E-state index in [0.29, 0.717) is 16.9 Å². The maximum atomic E-state index is 12.8. The maximum Gasteiger partial charge on any atom is 0.228 e. The molecule has 0 unspecified atom stereocenters. The van der Waals surface area contributed by atoms with Gasteiger partial charge in [0, 0.05) is 36.3 Å². The Hall–Kier alpha value is -2.34. The number of piperidine rings is 1. The molecule has 1 aromatic carbocycles. The van der Waals surface area contributed by atoms with Crippen molar-refractivity contribution < 1.29 is 9.53 Å². The van der Waals surface area contributed by atoms with Gasteiger partial charge in [0.1, 0.15) is 0 Å². The number of ether oxygens (including phenoxy) is 1. The number of benzene rings is 1. The molecule has 1 aliphatic rings. The van der Waals surface area contributed by atoms with E-state index in [0.717, 1.165) is 31.5 Å². The fraction of sp³-hybridized carbons (Fsp3) is 0.450. The van der Waals surface area contributed by atoms with Crippen molar-refractivity contribution in [2.45, 2.75) is 32.2 Å². The van der Waals surface area contributed by atoms with Crippen LogP contribution in [-0.4, -0.2) is 36.1 Å². The van der Waals surface area contributed by atoms with E-state index >= 15 is 0 Å². The Labute approximate surface area is 164 Å². The third kappa shape index (κ3) is 4.69. The van der Waals surface area contributed by atoms with Crippen LogP contribution in [0.4, 0.5) is 5.95 Å². The van der Waals surface area contributed by atoms with Crippen molar-refractivity contribution in [2.75, 3.05) is 25.1 Å². The van der Waals surface area contributed by atoms with Gasteiger partial charge in [0.15, 0.2) is 0 Å². The molecule has 0 spiro atoms. The average Bonchev–Trinajstić information content (AvgIpc) is 2.68. The van der Waals surface area contributed by atoms with Gasteiger partial charge in [-0.2, -0.15) is 4.98 Å². The second kappa shape index (κ2) is 8.13. The summed E-state index contributed by atoms with van der Waals surface area (Å²) in [5.41, 5.74) is 0.514. The highest BCUT2D eigenvalue weighted by atomic mass is 35.5. The molecule has 0 atom stereocenters. The second-order valence-corrected chi connectivity index (χ2v) is 7.72. The lowest BCUT2D eigenvalue weighted by Gasteiger charge is -2.34. The molecule has 144 valence electrons. The zero-order valence-electron chi connectivity index (χ0n) is 15.9. The number of rotatable bonds is 5. The van der Waals surface area contributed by atoms with E-state index in [9.17, 15) is 4.79 Å². The highest BCUT2D eigenvalue weighted by molar-refractivity contribution is 6.30. The number of aromatic nitrogens is 2. The minimum atomic E-state index is -0.477. The molecule has 2 aromatic rings. The summed E-state index contributed by atoms with van der Waals surface area (Å²) in [7, 11) is 1.59. The van der Waals surface area contributed by atoms with Crippen molar-refractivity contribution >= 4 is 23.5 Å². The normalized spacial score (nSPS) is 15.5. The number of hydrogen-bond acceptors (Lipinski definition) is 5. The topological polar surface area (TPSA) is 67.3 Å². The molecule has 0 saturated carbocycles. The van der Waals surface area contributed by atoms with Crippen LogP contribution in [0.25, 0.3) is 0 Å². The zero-order chi connectivity index (χ0) is 19.4. The number of nitrogens with zero attached hydrogens (tertiary/aromatic N) is 3. The van der Waals surface area contributed by atoms with Crippen LogP contribution in [-0.2, 0) is 10.3 Å². The van der Waals surface area contributed by atoms with Crippen LogP contribution in [0.1, 0.15) is 32.3 Å². The van der Waals surface area contributed by atoms with Crippen LogP contribution in [0.3, 0.4) is 0 Å². The van der Waals surface area contributed by atoms with Gasteiger partial charge in [-0.3, -0.25) is 4.79 Å². The lowest BCUT2D eigenvalue weighted by molar-refractivity contribution is -0.127. The quantitative estimate of drug-likeness (QED) is 0.850. The summed E-state index contributed by atoms with van der Waals surface area (Å²) in [5, 5.41) is 3.84. The molecule has 0 radical (unpaired) electrons. The molecule has 1 saturated heterocycles. The molecule has 27 heavy (non-hydrogen) atoms. The molecule has 1 fully saturated rings. The van der Waals surface area contributed by atoms with Crippen molar-refractivity contribution in [2.24, 2.45) is 5.92 Å². The smallest absolute Gasteiger partial charge is 0.228 e. The minimum Gasteiger partial charge on any atom is -0.481 e. The van der Waals surface area contributed by atoms with Gasteiger partial charge >= 0.3 is 0 Å². The number of carbonyl (C=O) groups is 1. The Bertz CT molecular complexity index is 804. The monoisotopic (exact) mass is 388 g/mol. The summed E-state index contributed by atoms with van der Waals surface area (Å²) >= 11 is 6.09. The van der Waals surface area contributed by atoms with E-state index in [1.165, 1.54) is 0 Å². The molecule has 6 nitrogen and oxygen atoms in total. The van der Waals surface area contributed by atoms with Crippen LogP contribution in [0, 0.1) is 5.92 Å². The highest BCUT2D eigenvalue weighted by Crippen LogP contribution is 2.26. The van der Waals surface area contributed by atoms with Crippen LogP contribution >= 0.6 is 11.6 Å². The van der Waals surface area contributed by atoms with Crippen molar-refractivity contribution in [3.63, 3.8) is 0 Å². The summed E-state index contributed by atoms with van der Waals surface area (Å²) in [6.45, 7) is 5.47. The molecule has 1 aromatic heterocycles. The van der Waals surface area contributed by atoms with Gasteiger partial charge < -0.3 is 15.0 Å². The molecule has 1 N–H and O–H groups in total. The summed E-state index contributed by atoms with van der Waals surface area (Å²) in [5.74, 6) is 1.24. The largest absolute Gasteiger partial charge is 0.481 e. The van der Waals surface area contributed by atoms with E-state index in [1.807, 2.05) is 38.1 Å². The molecular weight excluding hydrogens is 364 g/mol. The van der Waals surface area contributed by atoms with Gasteiger partial charge in [0.2, 0.25) is 17.7 Å². The highest BCUT2D eigenvalue weighted by Gasteiger charge is 2.30. The Balaban J connectivity index is 1.59. The molecule has 2 heterocycles. The number of nitrogens with one attached hydrogen (secondary N) is 1. The molecule has 3 rings (SSSR count). The van der Waals surface area contributed by atoms with Crippen LogP contribution in [0.15, 0.2) is 36.5 Å². The third-order valence-electron chi connectivity index (χ3n) is 4.96. The predicted octanol–water partition coefficient (Wildman–Crippen LogP) is 3.41. The molecule has 7 heteroatoms. The number of carbonyl (C=O) groups excluding carboxylic acids is 1. The maximum absolute atomic E-state index is 12.8. The first-order valence-corrected chi connectivity index (χ1v) is 9.47. The van der Waals surface area contributed by atoms with Crippen molar-refractivity contribution in [1.82, 2.24) is 15.3 Å². The van der Waals surface area contributed by atoms with E-state index in [-0.39, 0.29) is 11.8 Å². The summed E-state index contributed by atoms with van der Waals surface area (Å²) in [6, 6.07) is 9.33. The van der Waals surface area contributed by atoms with Crippen molar-refractivity contribution in [3.05, 3.63) is 47.1 Å². The number of anilines is 1. The van der Waals surface area contributed by atoms with Gasteiger partial charge in [-0.15, -0.1) is 0 Å². The van der Waals surface area contributed by atoms with Crippen molar-refractivity contribution in [3.8, 4) is 5.88 Å². The fourth-order valence-electron chi connectivity index (χ4n) is 3.30. The molecule has 1 amide bonds. The molecular formula is C20H25ClN4O2. The van der Waals surface area contributed by atoms with Crippen LogP contribution in [0.2, 0.25) is 5.02 Å². The van der Waals surface area contributed by atoms with E-state index in [1.54, 1.807) is 19.4 Å². The van der Waals surface area contributed by atoms with Crippen molar-refractivity contribution in [1.29, 1.82) is 0 Å². The first-order chi connectivity index (χ1) is 12.9. The molecule has 1 aliphatic heterocycles. The van der Waals surface area contributed by atoms with Gasteiger partial charge in [0.25, 0.3) is 0 Å². The average molecular weight is 389 g/mol. The number of amides is 1. The first kappa shape index (κ1) is 19.4. The lowest BCUT2D eigenvalue weighted by Crippen LogP contribution is -2.47. The fourth-order valence-corrected chi connectivity index (χ4v) is 3.49. The number of halogens is 1. The molecule has 0 aliphatic carbocycles. The Morgan fingerprint density at radius 1 is 1.30 bits per heavy atom. The first-order valence-electron chi connectivity index (χ1n) is 9.09. The van der Waals surface area contributed by atoms with Gasteiger partial charge in [0.05, 0.1) is 12.6 Å². The van der Waals surface area contributed by atoms with Gasteiger partial charge in [-0.05, 0) is 44.4 Å². The SMILES string of the molecule is COc1ccnc(N2CCC(C(=O)NC(C)(C)c3cccc(Cl)c3)CC2)n1. The van der Waals surface area contributed by atoms with E-state index < -0.39 is 5.54 Å².